The molecular formula is C13H19N5S. The normalized spacial score (nSPS) is 18.5. The average molecular weight is 277 g/mol. The van der Waals surface area contributed by atoms with E-state index in [-0.39, 0.29) is 0 Å². The molecule has 1 aliphatic rings. The third kappa shape index (κ3) is 3.20. The molecular weight excluding hydrogens is 258 g/mol. The quantitative estimate of drug-likeness (QED) is 0.897. The summed E-state index contributed by atoms with van der Waals surface area (Å²) in [6.07, 6.45) is 4.48. The second-order valence-electron chi connectivity index (χ2n) is 4.76. The molecule has 5 nitrogen and oxygen atoms in total. The number of thiophene rings is 1. The van der Waals surface area contributed by atoms with E-state index in [0.717, 1.165) is 39.1 Å². The van der Waals surface area contributed by atoms with Gasteiger partial charge in [0.1, 0.15) is 12.7 Å². The molecule has 19 heavy (non-hydrogen) atoms. The molecule has 1 aliphatic heterocycles. The molecule has 1 N–H and O–H groups in total. The van der Waals surface area contributed by atoms with Crippen molar-refractivity contribution in [3.8, 4) is 0 Å². The molecule has 0 radical (unpaired) electrons. The second-order valence-corrected chi connectivity index (χ2v) is 5.74. The van der Waals surface area contributed by atoms with Crippen LogP contribution < -0.4 is 5.32 Å². The number of piperazine rings is 1. The zero-order valence-electron chi connectivity index (χ0n) is 10.9. The maximum atomic E-state index is 4.19. The third-order valence-electron chi connectivity index (χ3n) is 3.56. The van der Waals surface area contributed by atoms with E-state index in [9.17, 15) is 0 Å². The number of rotatable bonds is 5. The summed E-state index contributed by atoms with van der Waals surface area (Å²) >= 11 is 1.85. The Morgan fingerprint density at radius 3 is 2.95 bits per heavy atom. The summed E-state index contributed by atoms with van der Waals surface area (Å²) in [6.45, 7) is 5.35. The van der Waals surface area contributed by atoms with Crippen molar-refractivity contribution in [1.29, 1.82) is 0 Å². The SMILES string of the molecule is c1csc(C(CCn2cncn2)N2CCNCC2)c1. The molecule has 1 atom stereocenters. The monoisotopic (exact) mass is 277 g/mol. The Labute approximate surface area is 117 Å². The number of hydrogen-bond donors (Lipinski definition) is 1. The highest BCUT2D eigenvalue weighted by Gasteiger charge is 2.22. The first-order valence-electron chi connectivity index (χ1n) is 6.74. The average Bonchev–Trinajstić information content (AvgIpc) is 3.13. The Kier molecular flexibility index (Phi) is 4.22. The fourth-order valence-electron chi connectivity index (χ4n) is 2.58. The van der Waals surface area contributed by atoms with Crippen LogP contribution in [0.4, 0.5) is 0 Å². The van der Waals surface area contributed by atoms with E-state index < -0.39 is 0 Å². The van der Waals surface area contributed by atoms with Gasteiger partial charge in [-0.25, -0.2) is 4.98 Å². The molecule has 2 aromatic heterocycles. The van der Waals surface area contributed by atoms with E-state index >= 15 is 0 Å². The Bertz CT molecular complexity index is 461. The molecule has 6 heteroatoms. The Hall–Kier alpha value is -1.24. The van der Waals surface area contributed by atoms with Gasteiger partial charge in [-0.05, 0) is 17.9 Å². The first-order valence-corrected chi connectivity index (χ1v) is 7.62. The van der Waals surface area contributed by atoms with E-state index in [4.69, 9.17) is 0 Å². The summed E-state index contributed by atoms with van der Waals surface area (Å²) < 4.78 is 1.92. The van der Waals surface area contributed by atoms with E-state index in [1.54, 1.807) is 12.7 Å². The number of nitrogens with one attached hydrogen (secondary N) is 1. The van der Waals surface area contributed by atoms with Gasteiger partial charge >= 0.3 is 0 Å². The predicted octanol–water partition coefficient (Wildman–Crippen LogP) is 1.38. The molecule has 1 unspecified atom stereocenters. The summed E-state index contributed by atoms with van der Waals surface area (Å²) in [5.41, 5.74) is 0. The number of aryl methyl sites for hydroxylation is 1. The van der Waals surface area contributed by atoms with Crippen molar-refractivity contribution in [3.63, 3.8) is 0 Å². The van der Waals surface area contributed by atoms with E-state index in [2.05, 4.69) is 37.8 Å². The molecule has 0 aromatic carbocycles. The van der Waals surface area contributed by atoms with Crippen molar-refractivity contribution in [2.75, 3.05) is 26.2 Å². The molecule has 0 saturated carbocycles. The summed E-state index contributed by atoms with van der Waals surface area (Å²) in [6, 6.07) is 4.90. The summed E-state index contributed by atoms with van der Waals surface area (Å²) in [4.78, 5) is 8.05. The lowest BCUT2D eigenvalue weighted by Gasteiger charge is -2.34. The fourth-order valence-corrected chi connectivity index (χ4v) is 3.48. The summed E-state index contributed by atoms with van der Waals surface area (Å²) in [5.74, 6) is 0. The molecule has 1 fully saturated rings. The van der Waals surface area contributed by atoms with Crippen LogP contribution >= 0.6 is 11.3 Å². The molecule has 0 amide bonds. The predicted molar refractivity (Wildman–Crippen MR) is 76.1 cm³/mol. The van der Waals surface area contributed by atoms with Gasteiger partial charge in [-0.2, -0.15) is 5.10 Å². The van der Waals surface area contributed by atoms with Crippen molar-refractivity contribution in [1.82, 2.24) is 25.0 Å². The van der Waals surface area contributed by atoms with Gasteiger partial charge in [0.05, 0.1) is 0 Å². The van der Waals surface area contributed by atoms with Gasteiger partial charge in [-0.1, -0.05) is 6.07 Å². The third-order valence-corrected chi connectivity index (χ3v) is 4.54. The Morgan fingerprint density at radius 2 is 2.26 bits per heavy atom. The minimum Gasteiger partial charge on any atom is -0.314 e. The molecule has 1 saturated heterocycles. The minimum atomic E-state index is 0.506. The van der Waals surface area contributed by atoms with Crippen LogP contribution in [0.5, 0.6) is 0 Å². The zero-order chi connectivity index (χ0) is 12.9. The lowest BCUT2D eigenvalue weighted by atomic mass is 10.1. The number of aromatic nitrogens is 3. The van der Waals surface area contributed by atoms with Crippen LogP contribution in [-0.4, -0.2) is 45.8 Å². The van der Waals surface area contributed by atoms with E-state index in [1.807, 2.05) is 16.0 Å². The van der Waals surface area contributed by atoms with Crippen molar-refractivity contribution in [2.24, 2.45) is 0 Å². The molecule has 102 valence electrons. The lowest BCUT2D eigenvalue weighted by Crippen LogP contribution is -2.45. The first-order chi connectivity index (χ1) is 9.43. The molecule has 0 spiro atoms. The van der Waals surface area contributed by atoms with E-state index in [1.165, 1.54) is 4.88 Å². The molecule has 0 aliphatic carbocycles. The molecule has 3 rings (SSSR count). The number of hydrogen-bond acceptors (Lipinski definition) is 5. The van der Waals surface area contributed by atoms with Crippen molar-refractivity contribution in [2.45, 2.75) is 19.0 Å². The van der Waals surface area contributed by atoms with Crippen LogP contribution in [0.15, 0.2) is 30.2 Å². The van der Waals surface area contributed by atoms with Crippen LogP contribution in [0.2, 0.25) is 0 Å². The first kappa shape index (κ1) is 12.8. The van der Waals surface area contributed by atoms with Crippen LogP contribution in [0.3, 0.4) is 0 Å². The molecule has 3 heterocycles. The maximum absolute atomic E-state index is 4.19. The van der Waals surface area contributed by atoms with Gasteiger partial charge in [0.15, 0.2) is 0 Å². The van der Waals surface area contributed by atoms with Gasteiger partial charge in [0.25, 0.3) is 0 Å². The summed E-state index contributed by atoms with van der Waals surface area (Å²) in [7, 11) is 0. The zero-order valence-corrected chi connectivity index (χ0v) is 11.7. The van der Waals surface area contributed by atoms with Gasteiger partial charge in [0.2, 0.25) is 0 Å². The lowest BCUT2D eigenvalue weighted by molar-refractivity contribution is 0.162. The van der Waals surface area contributed by atoms with Crippen molar-refractivity contribution < 1.29 is 0 Å². The van der Waals surface area contributed by atoms with Gasteiger partial charge < -0.3 is 5.32 Å². The molecule has 0 bridgehead atoms. The topological polar surface area (TPSA) is 46.0 Å². The molecule has 2 aromatic rings. The second kappa shape index (κ2) is 6.27. The number of nitrogens with zero attached hydrogens (tertiary/aromatic N) is 4. The van der Waals surface area contributed by atoms with Crippen molar-refractivity contribution >= 4 is 11.3 Å². The largest absolute Gasteiger partial charge is 0.314 e. The summed E-state index contributed by atoms with van der Waals surface area (Å²) in [5, 5.41) is 9.78. The highest BCUT2D eigenvalue weighted by molar-refractivity contribution is 7.10. The Morgan fingerprint density at radius 1 is 1.37 bits per heavy atom. The Balaban J connectivity index is 1.68. The minimum absolute atomic E-state index is 0.506. The standard InChI is InChI=1S/C13H19N5S/c1-2-13(19-9-1)12(17-7-4-14-5-8-17)3-6-18-11-15-10-16-18/h1-2,9-12,14H,3-8H2. The van der Waals surface area contributed by atoms with Gasteiger partial charge in [-0.15, -0.1) is 11.3 Å². The smallest absolute Gasteiger partial charge is 0.137 e. The van der Waals surface area contributed by atoms with Crippen LogP contribution in [0, 0.1) is 0 Å². The fraction of sp³-hybridized carbons (Fsp3) is 0.538. The highest BCUT2D eigenvalue weighted by Crippen LogP contribution is 2.28. The van der Waals surface area contributed by atoms with Crippen LogP contribution in [-0.2, 0) is 6.54 Å². The van der Waals surface area contributed by atoms with E-state index in [0.29, 0.717) is 6.04 Å². The van der Waals surface area contributed by atoms with Crippen LogP contribution in [0.25, 0.3) is 0 Å². The van der Waals surface area contributed by atoms with Gasteiger partial charge in [-0.3, -0.25) is 9.58 Å². The van der Waals surface area contributed by atoms with Crippen LogP contribution in [0.1, 0.15) is 17.3 Å². The maximum Gasteiger partial charge on any atom is 0.137 e. The van der Waals surface area contributed by atoms with Crippen molar-refractivity contribution in [3.05, 3.63) is 35.0 Å². The van der Waals surface area contributed by atoms with Gasteiger partial charge in [0, 0.05) is 43.6 Å². The highest BCUT2D eigenvalue weighted by atomic mass is 32.1.